The molecular weight excluding hydrogens is 276 g/mol. The minimum Gasteiger partial charge on any atom is -0.480 e. The Hall–Kier alpha value is -1.08. The topological polar surface area (TPSA) is 80.0 Å². The molecule has 1 heterocycles. The minimum absolute atomic E-state index is 0.128. The highest BCUT2D eigenvalue weighted by molar-refractivity contribution is 7.99. The molecule has 0 aliphatic rings. The Morgan fingerprint density at radius 3 is 2.65 bits per heavy atom. The number of aromatic nitrogens is 3. The predicted molar refractivity (Wildman–Crippen MR) is 80.0 cm³/mol. The third kappa shape index (κ3) is 4.21. The van der Waals surface area contributed by atoms with Gasteiger partial charge in [0.25, 0.3) is 0 Å². The van der Waals surface area contributed by atoms with Crippen molar-refractivity contribution in [1.82, 2.24) is 20.1 Å². The lowest BCUT2D eigenvalue weighted by Crippen LogP contribution is -2.51. The second-order valence-electron chi connectivity index (χ2n) is 5.29. The van der Waals surface area contributed by atoms with E-state index in [9.17, 15) is 9.90 Å². The van der Waals surface area contributed by atoms with E-state index < -0.39 is 11.5 Å². The molecule has 0 bridgehead atoms. The number of nitrogens with one attached hydrogen (secondary N) is 1. The molecule has 0 radical (unpaired) electrons. The Labute approximate surface area is 124 Å². The summed E-state index contributed by atoms with van der Waals surface area (Å²) in [7, 11) is 1.91. The number of rotatable bonds is 8. The van der Waals surface area contributed by atoms with E-state index in [-0.39, 0.29) is 5.25 Å². The van der Waals surface area contributed by atoms with Crippen molar-refractivity contribution < 1.29 is 9.90 Å². The second kappa shape index (κ2) is 7.08. The van der Waals surface area contributed by atoms with Gasteiger partial charge in [0, 0.05) is 12.3 Å². The second-order valence-corrected chi connectivity index (χ2v) is 6.69. The Kier molecular flexibility index (Phi) is 6.01. The summed E-state index contributed by atoms with van der Waals surface area (Å²) in [6, 6.07) is 0. The largest absolute Gasteiger partial charge is 0.480 e. The molecule has 0 amide bonds. The van der Waals surface area contributed by atoms with Crippen molar-refractivity contribution in [2.75, 3.05) is 6.54 Å². The zero-order valence-corrected chi connectivity index (χ0v) is 13.6. The van der Waals surface area contributed by atoms with E-state index in [0.29, 0.717) is 13.0 Å². The highest BCUT2D eigenvalue weighted by Gasteiger charge is 2.34. The average Bonchev–Trinajstić information content (AvgIpc) is 2.68. The van der Waals surface area contributed by atoms with Crippen LogP contribution in [0, 0.1) is 6.92 Å². The van der Waals surface area contributed by atoms with Gasteiger partial charge in [-0.3, -0.25) is 4.79 Å². The lowest BCUT2D eigenvalue weighted by molar-refractivity contribution is -0.144. The van der Waals surface area contributed by atoms with Crippen LogP contribution in [0.15, 0.2) is 5.16 Å². The van der Waals surface area contributed by atoms with Crippen LogP contribution >= 0.6 is 11.8 Å². The third-order valence-corrected chi connectivity index (χ3v) is 4.43. The van der Waals surface area contributed by atoms with Crippen LogP contribution in [0.4, 0.5) is 0 Å². The monoisotopic (exact) mass is 300 g/mol. The quantitative estimate of drug-likeness (QED) is 0.713. The molecule has 0 saturated carbocycles. The Morgan fingerprint density at radius 1 is 1.55 bits per heavy atom. The SMILES string of the molecule is CCCNC(C)(CC(C)Sc1nnc(C)n1C)C(=O)O. The van der Waals surface area contributed by atoms with E-state index in [1.807, 2.05) is 32.4 Å². The Balaban J connectivity index is 2.69. The fourth-order valence-corrected chi connectivity index (χ4v) is 3.08. The van der Waals surface area contributed by atoms with Crippen molar-refractivity contribution in [2.24, 2.45) is 7.05 Å². The van der Waals surface area contributed by atoms with Gasteiger partial charge in [-0.15, -0.1) is 10.2 Å². The van der Waals surface area contributed by atoms with Gasteiger partial charge in [0.15, 0.2) is 5.16 Å². The molecule has 20 heavy (non-hydrogen) atoms. The van der Waals surface area contributed by atoms with E-state index in [1.165, 1.54) is 0 Å². The first-order chi connectivity index (χ1) is 9.30. The van der Waals surface area contributed by atoms with Crippen molar-refractivity contribution in [3.05, 3.63) is 5.82 Å². The van der Waals surface area contributed by atoms with Crippen molar-refractivity contribution >= 4 is 17.7 Å². The number of carboxylic acids is 1. The Morgan fingerprint density at radius 2 is 2.20 bits per heavy atom. The molecule has 1 aromatic heterocycles. The van der Waals surface area contributed by atoms with Gasteiger partial charge in [-0.05, 0) is 33.2 Å². The number of hydrogen-bond acceptors (Lipinski definition) is 5. The smallest absolute Gasteiger partial charge is 0.323 e. The van der Waals surface area contributed by atoms with Crippen LogP contribution in [0.3, 0.4) is 0 Å². The van der Waals surface area contributed by atoms with Crippen LogP contribution in [-0.2, 0) is 11.8 Å². The fraction of sp³-hybridized carbons (Fsp3) is 0.769. The number of aryl methyl sites for hydroxylation is 1. The van der Waals surface area contributed by atoms with Crippen LogP contribution in [-0.4, -0.2) is 43.2 Å². The van der Waals surface area contributed by atoms with Crippen molar-refractivity contribution in [3.63, 3.8) is 0 Å². The first kappa shape index (κ1) is 17.0. The molecule has 2 atom stereocenters. The summed E-state index contributed by atoms with van der Waals surface area (Å²) in [4.78, 5) is 11.5. The van der Waals surface area contributed by atoms with E-state index in [2.05, 4.69) is 15.5 Å². The van der Waals surface area contributed by atoms with Gasteiger partial charge in [-0.1, -0.05) is 25.6 Å². The number of aliphatic carboxylic acids is 1. The predicted octanol–water partition coefficient (Wildman–Crippen LogP) is 1.84. The summed E-state index contributed by atoms with van der Waals surface area (Å²) in [5, 5.41) is 21.6. The first-order valence-electron chi connectivity index (χ1n) is 6.81. The maximum Gasteiger partial charge on any atom is 0.323 e. The highest BCUT2D eigenvalue weighted by Crippen LogP contribution is 2.27. The lowest BCUT2D eigenvalue weighted by atomic mass is 9.96. The number of hydrogen-bond donors (Lipinski definition) is 2. The summed E-state index contributed by atoms with van der Waals surface area (Å²) < 4.78 is 1.92. The summed E-state index contributed by atoms with van der Waals surface area (Å²) in [5.74, 6) is 0.0392. The molecule has 2 unspecified atom stereocenters. The molecule has 6 nitrogen and oxygen atoms in total. The standard InChI is InChI=1S/C13H24N4O2S/c1-6-7-14-13(4,11(18)19)8-9(2)20-12-16-15-10(3)17(12)5/h9,14H,6-8H2,1-5H3,(H,18,19). The van der Waals surface area contributed by atoms with Gasteiger partial charge in [-0.2, -0.15) is 0 Å². The molecule has 0 aliphatic carbocycles. The molecule has 0 aromatic carbocycles. The van der Waals surface area contributed by atoms with Crippen LogP contribution < -0.4 is 5.32 Å². The van der Waals surface area contributed by atoms with E-state index in [1.54, 1.807) is 18.7 Å². The van der Waals surface area contributed by atoms with E-state index in [4.69, 9.17) is 0 Å². The number of nitrogens with zero attached hydrogens (tertiary/aromatic N) is 3. The zero-order chi connectivity index (χ0) is 15.3. The summed E-state index contributed by atoms with van der Waals surface area (Å²) in [6.45, 7) is 8.37. The van der Waals surface area contributed by atoms with Gasteiger partial charge in [0.2, 0.25) is 0 Å². The Bertz CT molecular complexity index is 463. The highest BCUT2D eigenvalue weighted by atomic mass is 32.2. The van der Waals surface area contributed by atoms with Gasteiger partial charge in [0.1, 0.15) is 11.4 Å². The molecule has 1 rings (SSSR count). The number of thioether (sulfide) groups is 1. The van der Waals surface area contributed by atoms with Gasteiger partial charge in [0.05, 0.1) is 0 Å². The van der Waals surface area contributed by atoms with Gasteiger partial charge in [-0.25, -0.2) is 0 Å². The normalized spacial score (nSPS) is 15.8. The molecule has 114 valence electrons. The van der Waals surface area contributed by atoms with Gasteiger partial charge < -0.3 is 15.0 Å². The van der Waals surface area contributed by atoms with Crippen molar-refractivity contribution in [2.45, 2.75) is 56.5 Å². The van der Waals surface area contributed by atoms with Crippen LogP contribution in [0.2, 0.25) is 0 Å². The summed E-state index contributed by atoms with van der Waals surface area (Å²) >= 11 is 1.55. The fourth-order valence-electron chi connectivity index (χ4n) is 1.92. The lowest BCUT2D eigenvalue weighted by Gasteiger charge is -2.28. The third-order valence-electron chi connectivity index (χ3n) is 3.29. The molecule has 2 N–H and O–H groups in total. The molecule has 0 fully saturated rings. The van der Waals surface area contributed by atoms with E-state index in [0.717, 1.165) is 17.4 Å². The maximum atomic E-state index is 11.5. The van der Waals surface area contributed by atoms with E-state index >= 15 is 0 Å². The molecule has 0 saturated heterocycles. The molecular formula is C13H24N4O2S. The average molecular weight is 300 g/mol. The van der Waals surface area contributed by atoms with Crippen LogP contribution in [0.1, 0.15) is 39.4 Å². The zero-order valence-electron chi connectivity index (χ0n) is 12.8. The molecule has 7 heteroatoms. The first-order valence-corrected chi connectivity index (χ1v) is 7.69. The minimum atomic E-state index is -0.907. The van der Waals surface area contributed by atoms with Crippen LogP contribution in [0.5, 0.6) is 0 Å². The molecule has 0 aliphatic heterocycles. The number of carbonyl (C=O) groups is 1. The molecule has 0 spiro atoms. The van der Waals surface area contributed by atoms with Gasteiger partial charge >= 0.3 is 5.97 Å². The van der Waals surface area contributed by atoms with Crippen molar-refractivity contribution in [3.8, 4) is 0 Å². The summed E-state index contributed by atoms with van der Waals surface area (Å²) in [5.41, 5.74) is -0.907. The summed E-state index contributed by atoms with van der Waals surface area (Å²) in [6.07, 6.45) is 1.44. The van der Waals surface area contributed by atoms with Crippen molar-refractivity contribution in [1.29, 1.82) is 0 Å². The van der Waals surface area contributed by atoms with Crippen LogP contribution in [0.25, 0.3) is 0 Å². The molecule has 1 aromatic rings. The number of carboxylic acid groups (broad SMARTS) is 1. The maximum absolute atomic E-state index is 11.5.